The van der Waals surface area contributed by atoms with E-state index in [1.165, 1.54) is 6.08 Å². The number of methoxy groups -OCH3 is 1. The van der Waals surface area contributed by atoms with Crippen LogP contribution in [0.4, 0.5) is 0 Å². The average Bonchev–Trinajstić information content (AvgIpc) is 2.60. The summed E-state index contributed by atoms with van der Waals surface area (Å²) in [5, 5.41) is 11.7. The molecule has 1 atom stereocenters. The third-order valence-electron chi connectivity index (χ3n) is 3.68. The van der Waals surface area contributed by atoms with Crippen LogP contribution in [-0.2, 0) is 4.79 Å². The number of rotatable bonds is 5. The van der Waals surface area contributed by atoms with Crippen molar-refractivity contribution in [3.63, 3.8) is 0 Å². The highest BCUT2D eigenvalue weighted by atomic mass is 16.5. The summed E-state index contributed by atoms with van der Waals surface area (Å²) in [7, 11) is 1.62. The Morgan fingerprint density at radius 3 is 2.58 bits per heavy atom. The predicted octanol–water partition coefficient (Wildman–Crippen LogP) is 3.77. The van der Waals surface area contributed by atoms with Crippen LogP contribution in [0.1, 0.15) is 35.2 Å². The van der Waals surface area contributed by atoms with Crippen LogP contribution in [0.5, 0.6) is 5.75 Å². The van der Waals surface area contributed by atoms with Gasteiger partial charge in [0.25, 0.3) is 0 Å². The smallest absolute Gasteiger partial charge is 0.244 e. The summed E-state index contributed by atoms with van der Waals surface area (Å²) in [5.74, 6) is 0.569. The van der Waals surface area contributed by atoms with Gasteiger partial charge in [0.1, 0.15) is 5.75 Å². The molecule has 0 bridgehead atoms. The molecule has 122 valence electrons. The molecule has 0 saturated carbocycles. The zero-order valence-corrected chi connectivity index (χ0v) is 14.0. The molecule has 0 heterocycles. The standard InChI is InChI=1S/C20H20N2O2/c1-14-4-10-19(24-3)18(12-14)15(2)22-20(23)11-9-16-5-7-17(13-21)8-6-16/h4-12,15H,1-3H3,(H,22,23)/b11-9+. The number of benzene rings is 2. The van der Waals surface area contributed by atoms with E-state index >= 15 is 0 Å². The molecule has 0 aliphatic heterocycles. The van der Waals surface area contributed by atoms with Crippen LogP contribution in [0.3, 0.4) is 0 Å². The average molecular weight is 320 g/mol. The van der Waals surface area contributed by atoms with Crippen molar-refractivity contribution >= 4 is 12.0 Å². The van der Waals surface area contributed by atoms with Gasteiger partial charge in [-0.2, -0.15) is 5.26 Å². The Morgan fingerprint density at radius 2 is 1.96 bits per heavy atom. The molecule has 2 rings (SSSR count). The molecule has 1 N–H and O–H groups in total. The van der Waals surface area contributed by atoms with Gasteiger partial charge in [-0.3, -0.25) is 4.79 Å². The quantitative estimate of drug-likeness (QED) is 0.853. The van der Waals surface area contributed by atoms with Crippen LogP contribution in [0.15, 0.2) is 48.5 Å². The number of nitriles is 1. The van der Waals surface area contributed by atoms with Gasteiger partial charge in [0.2, 0.25) is 5.91 Å². The minimum atomic E-state index is -0.185. The second-order valence-electron chi connectivity index (χ2n) is 5.54. The molecule has 2 aromatic carbocycles. The van der Waals surface area contributed by atoms with Crippen molar-refractivity contribution in [1.29, 1.82) is 5.26 Å². The van der Waals surface area contributed by atoms with Crippen molar-refractivity contribution in [3.8, 4) is 11.8 Å². The van der Waals surface area contributed by atoms with Gasteiger partial charge in [-0.15, -0.1) is 0 Å². The van der Waals surface area contributed by atoms with E-state index in [4.69, 9.17) is 10.00 Å². The summed E-state index contributed by atoms with van der Waals surface area (Å²) in [6.07, 6.45) is 3.21. The van der Waals surface area contributed by atoms with Crippen molar-refractivity contribution < 1.29 is 9.53 Å². The van der Waals surface area contributed by atoms with Gasteiger partial charge in [0, 0.05) is 11.6 Å². The molecule has 4 nitrogen and oxygen atoms in total. The Kier molecular flexibility index (Phi) is 5.75. The van der Waals surface area contributed by atoms with E-state index in [1.54, 1.807) is 37.5 Å². The summed E-state index contributed by atoms with van der Waals surface area (Å²) in [5.41, 5.74) is 3.51. The Balaban J connectivity index is 2.04. The molecule has 1 amide bonds. The lowest BCUT2D eigenvalue weighted by atomic mass is 10.0. The highest BCUT2D eigenvalue weighted by Gasteiger charge is 2.13. The Morgan fingerprint density at radius 1 is 1.25 bits per heavy atom. The molecule has 0 saturated heterocycles. The third kappa shape index (κ3) is 4.47. The van der Waals surface area contributed by atoms with Crippen LogP contribution in [0.25, 0.3) is 6.08 Å². The number of hydrogen-bond acceptors (Lipinski definition) is 3. The SMILES string of the molecule is COc1ccc(C)cc1C(C)NC(=O)/C=C/c1ccc(C#N)cc1. The third-order valence-corrected chi connectivity index (χ3v) is 3.68. The fourth-order valence-corrected chi connectivity index (χ4v) is 2.37. The lowest BCUT2D eigenvalue weighted by Crippen LogP contribution is -2.25. The zero-order valence-electron chi connectivity index (χ0n) is 14.0. The van der Waals surface area contributed by atoms with E-state index in [0.717, 1.165) is 22.4 Å². The second-order valence-corrected chi connectivity index (χ2v) is 5.54. The molecule has 24 heavy (non-hydrogen) atoms. The maximum absolute atomic E-state index is 12.1. The number of amides is 1. The molecule has 4 heteroatoms. The molecule has 0 aromatic heterocycles. The number of carbonyl (C=O) groups is 1. The number of hydrogen-bond donors (Lipinski definition) is 1. The van der Waals surface area contributed by atoms with Gasteiger partial charge in [-0.1, -0.05) is 29.8 Å². The minimum absolute atomic E-state index is 0.169. The van der Waals surface area contributed by atoms with Crippen LogP contribution in [0.2, 0.25) is 0 Å². The van der Waals surface area contributed by atoms with Crippen molar-refractivity contribution in [2.24, 2.45) is 0 Å². The fourth-order valence-electron chi connectivity index (χ4n) is 2.37. The first-order valence-electron chi connectivity index (χ1n) is 7.66. The zero-order chi connectivity index (χ0) is 17.5. The molecule has 0 fully saturated rings. The van der Waals surface area contributed by atoms with E-state index in [9.17, 15) is 4.79 Å². The number of nitrogens with zero attached hydrogens (tertiary/aromatic N) is 1. The van der Waals surface area contributed by atoms with Crippen LogP contribution < -0.4 is 10.1 Å². The van der Waals surface area contributed by atoms with E-state index in [2.05, 4.69) is 11.4 Å². The molecule has 0 radical (unpaired) electrons. The number of nitrogens with one attached hydrogen (secondary N) is 1. The van der Waals surface area contributed by atoms with Crippen LogP contribution in [0, 0.1) is 18.3 Å². The summed E-state index contributed by atoms with van der Waals surface area (Å²) in [6, 6.07) is 14.8. The van der Waals surface area contributed by atoms with E-state index in [1.807, 2.05) is 32.0 Å². The van der Waals surface area contributed by atoms with Crippen molar-refractivity contribution in [2.45, 2.75) is 19.9 Å². The predicted molar refractivity (Wildman–Crippen MR) is 94.5 cm³/mol. The normalized spacial score (nSPS) is 11.8. The molecule has 0 aliphatic carbocycles. The first-order chi connectivity index (χ1) is 11.5. The summed E-state index contributed by atoms with van der Waals surface area (Å²) >= 11 is 0. The van der Waals surface area contributed by atoms with Gasteiger partial charge >= 0.3 is 0 Å². The maximum atomic E-state index is 12.1. The summed E-state index contributed by atoms with van der Waals surface area (Å²) < 4.78 is 5.36. The van der Waals surface area contributed by atoms with Crippen LogP contribution >= 0.6 is 0 Å². The first kappa shape index (κ1) is 17.3. The highest BCUT2D eigenvalue weighted by molar-refractivity contribution is 5.92. The molecule has 2 aromatic rings. The fraction of sp³-hybridized carbons (Fsp3) is 0.200. The lowest BCUT2D eigenvalue weighted by molar-refractivity contribution is -0.117. The van der Waals surface area contributed by atoms with Crippen molar-refractivity contribution in [1.82, 2.24) is 5.32 Å². The highest BCUT2D eigenvalue weighted by Crippen LogP contribution is 2.26. The van der Waals surface area contributed by atoms with E-state index in [-0.39, 0.29) is 11.9 Å². The largest absolute Gasteiger partial charge is 0.496 e. The maximum Gasteiger partial charge on any atom is 0.244 e. The van der Waals surface area contributed by atoms with E-state index < -0.39 is 0 Å². The van der Waals surface area contributed by atoms with Gasteiger partial charge < -0.3 is 10.1 Å². The minimum Gasteiger partial charge on any atom is -0.496 e. The number of aryl methyl sites for hydroxylation is 1. The number of ether oxygens (including phenoxy) is 1. The Labute approximate surface area is 142 Å². The van der Waals surface area contributed by atoms with Crippen molar-refractivity contribution in [2.75, 3.05) is 7.11 Å². The molecule has 0 spiro atoms. The Hall–Kier alpha value is -3.06. The lowest BCUT2D eigenvalue weighted by Gasteiger charge is -2.17. The van der Waals surface area contributed by atoms with Gasteiger partial charge in [0.15, 0.2) is 0 Å². The van der Waals surface area contributed by atoms with Crippen LogP contribution in [-0.4, -0.2) is 13.0 Å². The first-order valence-corrected chi connectivity index (χ1v) is 7.66. The van der Waals surface area contributed by atoms with Crippen molar-refractivity contribution in [3.05, 3.63) is 70.8 Å². The summed E-state index contributed by atoms with van der Waals surface area (Å²) in [6.45, 7) is 3.92. The number of carbonyl (C=O) groups excluding carboxylic acids is 1. The molecule has 1 unspecified atom stereocenters. The monoisotopic (exact) mass is 320 g/mol. The molecular formula is C20H20N2O2. The van der Waals surface area contributed by atoms with Gasteiger partial charge in [0.05, 0.1) is 24.8 Å². The summed E-state index contributed by atoms with van der Waals surface area (Å²) in [4.78, 5) is 12.1. The Bertz CT molecular complexity index is 786. The van der Waals surface area contributed by atoms with E-state index in [0.29, 0.717) is 5.56 Å². The second kappa shape index (κ2) is 7.98. The van der Waals surface area contributed by atoms with Gasteiger partial charge in [-0.05, 0) is 43.7 Å². The topological polar surface area (TPSA) is 62.1 Å². The molecule has 0 aliphatic rings. The molecular weight excluding hydrogens is 300 g/mol. The van der Waals surface area contributed by atoms with Gasteiger partial charge in [-0.25, -0.2) is 0 Å².